The number of carboxylic acids is 1. The van der Waals surface area contributed by atoms with E-state index in [1.165, 1.54) is 0 Å². The third-order valence-corrected chi connectivity index (χ3v) is 3.88. The van der Waals surface area contributed by atoms with Gasteiger partial charge >= 0.3 is 5.97 Å². The lowest BCUT2D eigenvalue weighted by Gasteiger charge is -2.17. The first kappa shape index (κ1) is 18.0. The Hall–Kier alpha value is -2.33. The lowest BCUT2D eigenvalue weighted by molar-refractivity contribution is -0.137. The summed E-state index contributed by atoms with van der Waals surface area (Å²) in [4.78, 5) is 23.3. The first-order valence-electron chi connectivity index (χ1n) is 7.73. The number of benzene rings is 2. The fourth-order valence-corrected chi connectivity index (χ4v) is 2.72. The maximum absolute atomic E-state index is 12.2. The van der Waals surface area contributed by atoms with Crippen LogP contribution in [0.4, 0.5) is 0 Å². The van der Waals surface area contributed by atoms with Crippen molar-refractivity contribution in [2.75, 3.05) is 0 Å². The maximum atomic E-state index is 12.2. The number of nitrogens with one attached hydrogen (secondary N) is 1. The zero-order valence-electron chi connectivity index (χ0n) is 13.5. The number of aryl methyl sites for hydroxylation is 1. The van der Waals surface area contributed by atoms with Crippen LogP contribution in [0.5, 0.6) is 0 Å². The highest BCUT2D eigenvalue weighted by Gasteiger charge is 2.17. The van der Waals surface area contributed by atoms with Crippen LogP contribution in [0.1, 0.15) is 23.1 Å². The van der Waals surface area contributed by atoms with E-state index in [-0.39, 0.29) is 18.7 Å². The second kappa shape index (κ2) is 8.50. The molecule has 1 atom stereocenters. The normalized spacial score (nSPS) is 11.8. The van der Waals surface area contributed by atoms with Crippen LogP contribution in [0.3, 0.4) is 0 Å². The van der Waals surface area contributed by atoms with E-state index in [9.17, 15) is 9.59 Å². The first-order chi connectivity index (χ1) is 11.4. The lowest BCUT2D eigenvalue weighted by atomic mass is 10.0. The van der Waals surface area contributed by atoms with Gasteiger partial charge in [-0.2, -0.15) is 0 Å². The van der Waals surface area contributed by atoms with Gasteiger partial charge in [-0.3, -0.25) is 9.59 Å². The highest BCUT2D eigenvalue weighted by atomic mass is 35.5. The molecule has 2 rings (SSSR count). The van der Waals surface area contributed by atoms with Gasteiger partial charge in [-0.15, -0.1) is 0 Å². The van der Waals surface area contributed by atoms with Crippen LogP contribution in [0.2, 0.25) is 5.02 Å². The SMILES string of the molecule is Cc1ccc(C[C@@H](CC(=O)O)NC(=O)Cc2cccc(Cl)c2)cc1. The van der Waals surface area contributed by atoms with Crippen molar-refractivity contribution >= 4 is 23.5 Å². The summed E-state index contributed by atoms with van der Waals surface area (Å²) in [5.74, 6) is -1.15. The maximum Gasteiger partial charge on any atom is 0.305 e. The van der Waals surface area contributed by atoms with E-state index in [2.05, 4.69) is 5.32 Å². The molecule has 0 bridgehead atoms. The Labute approximate surface area is 146 Å². The zero-order chi connectivity index (χ0) is 17.5. The van der Waals surface area contributed by atoms with Gasteiger partial charge in [-0.1, -0.05) is 53.6 Å². The van der Waals surface area contributed by atoms with E-state index in [1.54, 1.807) is 18.2 Å². The van der Waals surface area contributed by atoms with Gasteiger partial charge in [0.05, 0.1) is 12.8 Å². The minimum absolute atomic E-state index is 0.116. The molecule has 0 unspecified atom stereocenters. The molecule has 0 aliphatic rings. The Morgan fingerprint density at radius 2 is 1.83 bits per heavy atom. The van der Waals surface area contributed by atoms with E-state index in [1.807, 2.05) is 37.3 Å². The molecular formula is C19H20ClNO3. The minimum atomic E-state index is -0.935. The molecule has 4 nitrogen and oxygen atoms in total. The van der Waals surface area contributed by atoms with E-state index in [4.69, 9.17) is 16.7 Å². The highest BCUT2D eigenvalue weighted by Crippen LogP contribution is 2.12. The standard InChI is InChI=1S/C19H20ClNO3/c1-13-5-7-14(8-6-13)10-17(12-19(23)24)21-18(22)11-15-3-2-4-16(20)9-15/h2-9,17H,10-12H2,1H3,(H,21,22)(H,23,24)/t17-/m0/s1. The number of carboxylic acid groups (broad SMARTS) is 1. The van der Waals surface area contributed by atoms with Gasteiger partial charge in [-0.25, -0.2) is 0 Å². The van der Waals surface area contributed by atoms with Crippen LogP contribution in [0.15, 0.2) is 48.5 Å². The van der Waals surface area contributed by atoms with Crippen molar-refractivity contribution in [3.8, 4) is 0 Å². The lowest BCUT2D eigenvalue weighted by Crippen LogP contribution is -2.38. The molecule has 0 heterocycles. The molecule has 1 amide bonds. The topological polar surface area (TPSA) is 66.4 Å². The Balaban J connectivity index is 2.00. The zero-order valence-corrected chi connectivity index (χ0v) is 14.2. The van der Waals surface area contributed by atoms with E-state index in [0.717, 1.165) is 16.7 Å². The van der Waals surface area contributed by atoms with Crippen molar-refractivity contribution in [1.29, 1.82) is 0 Å². The van der Waals surface area contributed by atoms with Gasteiger partial charge in [0.25, 0.3) is 0 Å². The summed E-state index contributed by atoms with van der Waals surface area (Å²) in [6, 6.07) is 14.5. The molecule has 126 valence electrons. The van der Waals surface area contributed by atoms with Crippen LogP contribution < -0.4 is 5.32 Å². The van der Waals surface area contributed by atoms with Gasteiger partial charge < -0.3 is 10.4 Å². The molecule has 0 aliphatic carbocycles. The summed E-state index contributed by atoms with van der Waals surface area (Å²) in [5.41, 5.74) is 2.93. The van der Waals surface area contributed by atoms with Crippen molar-refractivity contribution in [2.45, 2.75) is 32.2 Å². The van der Waals surface area contributed by atoms with Gasteiger partial charge in [0, 0.05) is 11.1 Å². The minimum Gasteiger partial charge on any atom is -0.481 e. The number of rotatable bonds is 7. The molecule has 24 heavy (non-hydrogen) atoms. The first-order valence-corrected chi connectivity index (χ1v) is 8.11. The molecule has 2 N–H and O–H groups in total. The number of halogens is 1. The van der Waals surface area contributed by atoms with Crippen LogP contribution >= 0.6 is 11.6 Å². The summed E-state index contributed by atoms with van der Waals surface area (Å²) in [6.07, 6.45) is 0.535. The summed E-state index contributed by atoms with van der Waals surface area (Å²) < 4.78 is 0. The molecule has 2 aromatic rings. The summed E-state index contributed by atoms with van der Waals surface area (Å²) in [5, 5.41) is 12.5. The van der Waals surface area contributed by atoms with Crippen molar-refractivity contribution in [1.82, 2.24) is 5.32 Å². The smallest absolute Gasteiger partial charge is 0.305 e. The summed E-state index contributed by atoms with van der Waals surface area (Å²) in [7, 11) is 0. The van der Waals surface area contributed by atoms with Gasteiger partial charge in [-0.05, 0) is 36.6 Å². The average Bonchev–Trinajstić information content (AvgIpc) is 2.48. The largest absolute Gasteiger partial charge is 0.481 e. The Kier molecular flexibility index (Phi) is 6.38. The number of hydrogen-bond acceptors (Lipinski definition) is 2. The second-order valence-corrected chi connectivity index (χ2v) is 6.30. The predicted octanol–water partition coefficient (Wildman–Crippen LogP) is 3.39. The number of amides is 1. The van der Waals surface area contributed by atoms with Crippen molar-refractivity contribution in [3.05, 3.63) is 70.2 Å². The molecule has 5 heteroatoms. The van der Waals surface area contributed by atoms with Crippen molar-refractivity contribution < 1.29 is 14.7 Å². The van der Waals surface area contributed by atoms with E-state index >= 15 is 0 Å². The molecule has 0 aliphatic heterocycles. The quantitative estimate of drug-likeness (QED) is 0.808. The monoisotopic (exact) mass is 345 g/mol. The van der Waals surface area contributed by atoms with Crippen LogP contribution in [0.25, 0.3) is 0 Å². The number of hydrogen-bond donors (Lipinski definition) is 2. The summed E-state index contributed by atoms with van der Waals surface area (Å²) >= 11 is 5.91. The Morgan fingerprint density at radius 1 is 1.12 bits per heavy atom. The molecule has 0 saturated heterocycles. The van der Waals surface area contributed by atoms with E-state index < -0.39 is 12.0 Å². The Bertz CT molecular complexity index is 713. The molecular weight excluding hydrogens is 326 g/mol. The summed E-state index contributed by atoms with van der Waals surface area (Å²) in [6.45, 7) is 1.99. The Morgan fingerprint density at radius 3 is 2.46 bits per heavy atom. The molecule has 0 fully saturated rings. The predicted molar refractivity (Wildman–Crippen MR) is 94.2 cm³/mol. The number of carbonyl (C=O) groups is 2. The molecule has 0 radical (unpaired) electrons. The fourth-order valence-electron chi connectivity index (χ4n) is 2.50. The molecule has 0 saturated carbocycles. The number of aliphatic carboxylic acids is 1. The van der Waals surface area contributed by atoms with Gasteiger partial charge in [0.2, 0.25) is 5.91 Å². The van der Waals surface area contributed by atoms with Crippen LogP contribution in [0, 0.1) is 6.92 Å². The molecule has 2 aromatic carbocycles. The van der Waals surface area contributed by atoms with E-state index in [0.29, 0.717) is 11.4 Å². The van der Waals surface area contributed by atoms with Crippen LogP contribution in [-0.4, -0.2) is 23.0 Å². The van der Waals surface area contributed by atoms with Crippen molar-refractivity contribution in [2.24, 2.45) is 0 Å². The number of carbonyl (C=O) groups excluding carboxylic acids is 1. The molecule has 0 aromatic heterocycles. The van der Waals surface area contributed by atoms with Crippen molar-refractivity contribution in [3.63, 3.8) is 0 Å². The van der Waals surface area contributed by atoms with Crippen LogP contribution in [-0.2, 0) is 22.4 Å². The van der Waals surface area contributed by atoms with Gasteiger partial charge in [0.15, 0.2) is 0 Å². The fraction of sp³-hybridized carbons (Fsp3) is 0.263. The molecule has 0 spiro atoms. The van der Waals surface area contributed by atoms with Gasteiger partial charge in [0.1, 0.15) is 0 Å². The third kappa shape index (κ3) is 6.05. The third-order valence-electron chi connectivity index (χ3n) is 3.64. The highest BCUT2D eigenvalue weighted by molar-refractivity contribution is 6.30. The second-order valence-electron chi connectivity index (χ2n) is 5.86. The average molecular weight is 346 g/mol.